The van der Waals surface area contributed by atoms with Crippen molar-refractivity contribution in [2.24, 2.45) is 5.41 Å². The fourth-order valence-corrected chi connectivity index (χ4v) is 2.94. The van der Waals surface area contributed by atoms with Gasteiger partial charge in [0.05, 0.1) is 23.8 Å². The molecule has 0 unspecified atom stereocenters. The normalized spacial score (nSPS) is 18.7. The first-order valence-corrected chi connectivity index (χ1v) is 6.81. The number of methoxy groups -OCH3 is 1. The summed E-state index contributed by atoms with van der Waals surface area (Å²) in [5.74, 6) is 0.105. The number of rotatable bonds is 5. The summed E-state index contributed by atoms with van der Waals surface area (Å²) in [6, 6.07) is -0.0272. The van der Waals surface area contributed by atoms with Gasteiger partial charge in [-0.1, -0.05) is 6.42 Å². The van der Waals surface area contributed by atoms with Crippen molar-refractivity contribution in [3.63, 3.8) is 0 Å². The number of H-pyrrole nitrogens is 1. The maximum Gasteiger partial charge on any atom is 0.229 e. The lowest BCUT2D eigenvalue weighted by molar-refractivity contribution is -0.141. The third-order valence-electron chi connectivity index (χ3n) is 4.18. The minimum Gasteiger partial charge on any atom is -0.384 e. The van der Waals surface area contributed by atoms with E-state index in [0.717, 1.165) is 36.2 Å². The number of aromatic nitrogens is 2. The van der Waals surface area contributed by atoms with Gasteiger partial charge in [-0.25, -0.2) is 0 Å². The quantitative estimate of drug-likeness (QED) is 0.856. The molecule has 106 valence electrons. The molecule has 5 nitrogen and oxygen atoms in total. The zero-order chi connectivity index (χ0) is 14.0. The van der Waals surface area contributed by atoms with E-state index in [0.29, 0.717) is 6.61 Å². The van der Waals surface area contributed by atoms with E-state index in [4.69, 9.17) is 4.74 Å². The predicted octanol–water partition coefficient (Wildman–Crippen LogP) is 2.02. The fraction of sp³-hybridized carbons (Fsp3) is 0.714. The molecular weight excluding hydrogens is 242 g/mol. The van der Waals surface area contributed by atoms with Crippen molar-refractivity contribution in [1.29, 1.82) is 0 Å². The lowest BCUT2D eigenvalue weighted by Crippen LogP contribution is -2.49. The zero-order valence-corrected chi connectivity index (χ0v) is 12.2. The molecular formula is C14H23N3O2. The lowest BCUT2D eigenvalue weighted by atomic mass is 9.68. The summed E-state index contributed by atoms with van der Waals surface area (Å²) in [5, 5.41) is 10.2. The Morgan fingerprint density at radius 2 is 2.21 bits per heavy atom. The Labute approximate surface area is 114 Å². The van der Waals surface area contributed by atoms with E-state index < -0.39 is 0 Å². The molecule has 2 rings (SSSR count). The number of nitrogens with one attached hydrogen (secondary N) is 2. The highest BCUT2D eigenvalue weighted by molar-refractivity contribution is 5.84. The van der Waals surface area contributed by atoms with Crippen LogP contribution in [0.1, 0.15) is 49.2 Å². The van der Waals surface area contributed by atoms with E-state index in [2.05, 4.69) is 15.5 Å². The van der Waals surface area contributed by atoms with Crippen molar-refractivity contribution in [3.05, 3.63) is 17.0 Å². The Bertz CT molecular complexity index is 444. The Kier molecular flexibility index (Phi) is 3.94. The topological polar surface area (TPSA) is 67.0 Å². The number of amides is 1. The molecule has 1 atom stereocenters. The van der Waals surface area contributed by atoms with Crippen LogP contribution in [-0.2, 0) is 9.53 Å². The average molecular weight is 265 g/mol. The summed E-state index contributed by atoms with van der Waals surface area (Å²) in [6.07, 6.45) is 2.94. The van der Waals surface area contributed by atoms with E-state index in [1.54, 1.807) is 7.11 Å². The van der Waals surface area contributed by atoms with Crippen LogP contribution in [-0.4, -0.2) is 29.8 Å². The molecule has 1 amide bonds. The van der Waals surface area contributed by atoms with E-state index in [9.17, 15) is 4.79 Å². The van der Waals surface area contributed by atoms with Gasteiger partial charge in [-0.15, -0.1) is 0 Å². The van der Waals surface area contributed by atoms with Crippen LogP contribution in [0.3, 0.4) is 0 Å². The second-order valence-electron chi connectivity index (χ2n) is 5.61. The minimum atomic E-state index is -0.311. The van der Waals surface area contributed by atoms with Gasteiger partial charge in [-0.3, -0.25) is 9.89 Å². The highest BCUT2D eigenvalue weighted by Crippen LogP contribution is 2.41. The van der Waals surface area contributed by atoms with E-state index >= 15 is 0 Å². The van der Waals surface area contributed by atoms with Crippen LogP contribution in [0.4, 0.5) is 0 Å². The first-order chi connectivity index (χ1) is 9.00. The fourth-order valence-electron chi connectivity index (χ4n) is 2.94. The van der Waals surface area contributed by atoms with Crippen LogP contribution < -0.4 is 5.32 Å². The van der Waals surface area contributed by atoms with Crippen LogP contribution in [0, 0.1) is 19.3 Å². The van der Waals surface area contributed by atoms with Crippen LogP contribution >= 0.6 is 0 Å². The van der Waals surface area contributed by atoms with E-state index in [1.165, 1.54) is 0 Å². The van der Waals surface area contributed by atoms with Crippen molar-refractivity contribution in [1.82, 2.24) is 15.5 Å². The summed E-state index contributed by atoms with van der Waals surface area (Å²) in [4.78, 5) is 12.4. The maximum absolute atomic E-state index is 12.4. The largest absolute Gasteiger partial charge is 0.384 e. The van der Waals surface area contributed by atoms with Gasteiger partial charge in [0.1, 0.15) is 0 Å². The third-order valence-corrected chi connectivity index (χ3v) is 4.18. The van der Waals surface area contributed by atoms with Crippen LogP contribution in [0.5, 0.6) is 0 Å². The first-order valence-electron chi connectivity index (χ1n) is 6.81. The van der Waals surface area contributed by atoms with Crippen molar-refractivity contribution >= 4 is 5.91 Å². The summed E-state index contributed by atoms with van der Waals surface area (Å²) >= 11 is 0. The molecule has 19 heavy (non-hydrogen) atoms. The number of ether oxygens (including phenoxy) is 1. The molecule has 0 aromatic carbocycles. The minimum absolute atomic E-state index is 0.0272. The maximum atomic E-state index is 12.4. The van der Waals surface area contributed by atoms with Gasteiger partial charge in [-0.05, 0) is 33.6 Å². The predicted molar refractivity (Wildman–Crippen MR) is 72.8 cm³/mol. The SMILES string of the molecule is COCC1(C(=O)N[C@H](C)c2c(C)n[nH]c2C)CCC1. The lowest BCUT2D eigenvalue weighted by Gasteiger charge is -2.40. The number of nitrogens with zero attached hydrogens (tertiary/aromatic N) is 1. The molecule has 0 aliphatic heterocycles. The van der Waals surface area contributed by atoms with Gasteiger partial charge in [0, 0.05) is 18.4 Å². The van der Waals surface area contributed by atoms with E-state index in [1.807, 2.05) is 20.8 Å². The van der Waals surface area contributed by atoms with Crippen molar-refractivity contribution in [2.45, 2.75) is 46.1 Å². The zero-order valence-electron chi connectivity index (χ0n) is 12.2. The first kappa shape index (κ1) is 14.1. The summed E-state index contributed by atoms with van der Waals surface area (Å²) in [7, 11) is 1.65. The number of carbonyl (C=O) groups is 1. The molecule has 1 fully saturated rings. The molecule has 0 saturated heterocycles. The highest BCUT2D eigenvalue weighted by atomic mass is 16.5. The van der Waals surface area contributed by atoms with Crippen molar-refractivity contribution in [2.75, 3.05) is 13.7 Å². The van der Waals surface area contributed by atoms with Gasteiger partial charge < -0.3 is 10.1 Å². The smallest absolute Gasteiger partial charge is 0.229 e. The molecule has 0 radical (unpaired) electrons. The summed E-state index contributed by atoms with van der Waals surface area (Å²) < 4.78 is 5.21. The molecule has 2 N–H and O–H groups in total. The van der Waals surface area contributed by atoms with Gasteiger partial charge in [0.15, 0.2) is 0 Å². The molecule has 1 aromatic rings. The van der Waals surface area contributed by atoms with E-state index in [-0.39, 0.29) is 17.4 Å². The van der Waals surface area contributed by atoms with Gasteiger partial charge in [0.25, 0.3) is 0 Å². The van der Waals surface area contributed by atoms with Crippen molar-refractivity contribution in [3.8, 4) is 0 Å². The van der Waals surface area contributed by atoms with Gasteiger partial charge in [-0.2, -0.15) is 5.10 Å². The standard InChI is InChI=1S/C14H23N3O2/c1-9(12-10(2)16-17-11(12)3)15-13(18)14(8-19-4)6-5-7-14/h9H,5-8H2,1-4H3,(H,15,18)(H,16,17)/t9-/m1/s1. The molecule has 5 heteroatoms. The molecule has 1 saturated carbocycles. The molecule has 1 heterocycles. The average Bonchev–Trinajstić information content (AvgIpc) is 2.63. The van der Waals surface area contributed by atoms with Crippen LogP contribution in [0.15, 0.2) is 0 Å². The monoisotopic (exact) mass is 265 g/mol. The molecule has 1 aliphatic carbocycles. The summed E-state index contributed by atoms with van der Waals surface area (Å²) in [5.41, 5.74) is 2.73. The van der Waals surface area contributed by atoms with Crippen LogP contribution in [0.25, 0.3) is 0 Å². The Hall–Kier alpha value is -1.36. The van der Waals surface area contributed by atoms with Gasteiger partial charge in [0.2, 0.25) is 5.91 Å². The second-order valence-corrected chi connectivity index (χ2v) is 5.61. The highest BCUT2D eigenvalue weighted by Gasteiger charge is 2.44. The number of hydrogen-bond acceptors (Lipinski definition) is 3. The number of carbonyl (C=O) groups excluding carboxylic acids is 1. The summed E-state index contributed by atoms with van der Waals surface area (Å²) in [6.45, 7) is 6.44. The van der Waals surface area contributed by atoms with Crippen molar-refractivity contribution < 1.29 is 9.53 Å². The molecule has 1 aliphatic rings. The third kappa shape index (κ3) is 2.52. The Morgan fingerprint density at radius 3 is 2.63 bits per heavy atom. The van der Waals surface area contributed by atoms with Gasteiger partial charge >= 0.3 is 0 Å². The number of aryl methyl sites for hydroxylation is 2. The molecule has 0 bridgehead atoms. The van der Waals surface area contributed by atoms with Crippen LogP contribution in [0.2, 0.25) is 0 Å². The Balaban J connectivity index is 2.06. The molecule has 1 aromatic heterocycles. The second kappa shape index (κ2) is 5.33. The molecule has 0 spiro atoms. The number of hydrogen-bond donors (Lipinski definition) is 2. The number of aromatic amines is 1. The Morgan fingerprint density at radius 1 is 1.53 bits per heavy atom.